The third-order valence-corrected chi connectivity index (χ3v) is 12.5. The highest BCUT2D eigenvalue weighted by atomic mass is 32.1. The molecule has 0 saturated heterocycles. The lowest BCUT2D eigenvalue weighted by Crippen LogP contribution is -2.30. The summed E-state index contributed by atoms with van der Waals surface area (Å²) >= 11 is 1.83. The third-order valence-electron chi connectivity index (χ3n) is 11.2. The van der Waals surface area contributed by atoms with Crippen LogP contribution in [0.2, 0.25) is 0 Å². The summed E-state index contributed by atoms with van der Waals surface area (Å²) in [6.07, 6.45) is 0. The Hall–Kier alpha value is -7.15. The lowest BCUT2D eigenvalue weighted by atomic mass is 9.76. The molecule has 0 amide bonds. The molecule has 7 aromatic carbocycles. The van der Waals surface area contributed by atoms with Gasteiger partial charge in [0.2, 0.25) is 0 Å². The largest absolute Gasteiger partial charge is 0.452 e. The minimum Gasteiger partial charge on any atom is -0.452 e. The fourth-order valence-corrected chi connectivity index (χ4v) is 10.1. The number of fused-ring (bicyclic) bond motifs is 12. The molecule has 2 aliphatic carbocycles. The first-order valence-corrected chi connectivity index (χ1v) is 19.5. The van der Waals surface area contributed by atoms with E-state index in [9.17, 15) is 0 Å². The van der Waals surface area contributed by atoms with E-state index in [0.717, 1.165) is 56.4 Å². The molecule has 12 rings (SSSR count). The maximum Gasteiger partial charge on any atom is 0.176 e. The zero-order valence-corrected chi connectivity index (χ0v) is 30.6. The molecule has 1 spiro atoms. The number of hydrogen-bond acceptors (Lipinski definition) is 6. The van der Waals surface area contributed by atoms with Gasteiger partial charge in [-0.2, -0.15) is 0 Å². The van der Waals surface area contributed by atoms with Crippen LogP contribution in [0.5, 0.6) is 11.5 Å². The third kappa shape index (κ3) is 4.45. The Bertz CT molecular complexity index is 3020. The number of thiophene rings is 1. The van der Waals surface area contributed by atoms with E-state index < -0.39 is 5.41 Å². The summed E-state index contributed by atoms with van der Waals surface area (Å²) < 4.78 is 15.1. The van der Waals surface area contributed by atoms with Crippen LogP contribution in [-0.4, -0.2) is 15.0 Å². The number of benzene rings is 7. The number of rotatable bonds is 4. The quantitative estimate of drug-likeness (QED) is 0.180. The van der Waals surface area contributed by atoms with Crippen molar-refractivity contribution in [1.29, 1.82) is 0 Å². The van der Waals surface area contributed by atoms with Gasteiger partial charge in [0.15, 0.2) is 40.5 Å². The van der Waals surface area contributed by atoms with Gasteiger partial charge in [-0.05, 0) is 57.6 Å². The van der Waals surface area contributed by atoms with Crippen molar-refractivity contribution in [2.45, 2.75) is 5.41 Å². The van der Waals surface area contributed by atoms with Gasteiger partial charge in [-0.1, -0.05) is 152 Å². The zero-order chi connectivity index (χ0) is 36.8. The highest BCUT2D eigenvalue weighted by molar-refractivity contribution is 7.19. The van der Waals surface area contributed by atoms with Gasteiger partial charge in [0.05, 0.1) is 0 Å². The fraction of sp³-hybridized carbons (Fsp3) is 0.0200. The zero-order valence-electron chi connectivity index (χ0n) is 29.8. The molecule has 3 aliphatic rings. The van der Waals surface area contributed by atoms with Crippen molar-refractivity contribution in [2.75, 3.05) is 0 Å². The average Bonchev–Trinajstić information content (AvgIpc) is 3.89. The molecule has 0 bridgehead atoms. The van der Waals surface area contributed by atoms with Crippen LogP contribution < -0.4 is 9.47 Å². The first kappa shape index (κ1) is 31.2. The van der Waals surface area contributed by atoms with E-state index in [1.807, 2.05) is 96.3 Å². The summed E-state index contributed by atoms with van der Waals surface area (Å²) in [5, 5.41) is 1.18. The van der Waals surface area contributed by atoms with Gasteiger partial charge in [-0.15, -0.1) is 11.3 Å². The van der Waals surface area contributed by atoms with Crippen molar-refractivity contribution >= 4 is 27.2 Å². The summed E-state index contributed by atoms with van der Waals surface area (Å²) in [6.45, 7) is 0. The van der Waals surface area contributed by atoms with Crippen LogP contribution in [-0.2, 0) is 5.41 Å². The summed E-state index contributed by atoms with van der Waals surface area (Å²) in [5.74, 6) is 5.01. The van der Waals surface area contributed by atoms with E-state index in [4.69, 9.17) is 24.4 Å². The molecule has 0 N–H and O–H groups in total. The molecular weight excluding hydrogens is 707 g/mol. The molecule has 0 fully saturated rings. The minimum atomic E-state index is -0.684. The highest BCUT2D eigenvalue weighted by Crippen LogP contribution is 2.66. The number of aromatic nitrogens is 3. The predicted octanol–water partition coefficient (Wildman–Crippen LogP) is 12.2. The van der Waals surface area contributed by atoms with Crippen LogP contribution in [0.3, 0.4) is 0 Å². The Morgan fingerprint density at radius 3 is 1.68 bits per heavy atom. The van der Waals surface area contributed by atoms with Crippen molar-refractivity contribution in [2.24, 2.45) is 0 Å². The van der Waals surface area contributed by atoms with E-state index in [-0.39, 0.29) is 0 Å². The average molecular weight is 736 g/mol. The smallest absolute Gasteiger partial charge is 0.176 e. The Morgan fingerprint density at radius 2 is 0.964 bits per heavy atom. The van der Waals surface area contributed by atoms with Crippen LogP contribution in [0.1, 0.15) is 21.6 Å². The Kier molecular flexibility index (Phi) is 6.65. The molecule has 0 radical (unpaired) electrons. The molecule has 262 valence electrons. The van der Waals surface area contributed by atoms with E-state index in [1.165, 1.54) is 37.2 Å². The second kappa shape index (κ2) is 11.9. The SMILES string of the molecule is c1ccc(-c2nc(-c3ccccc3)nc(-c3ccc(-c4ccc5c(c4)C4(C6=C(Oc7ccccc7O6)c6c4sc4ccccc64)c4ccccc4-5)cc3)n2)cc1. The van der Waals surface area contributed by atoms with Crippen molar-refractivity contribution in [3.8, 4) is 67.9 Å². The lowest BCUT2D eigenvalue weighted by Gasteiger charge is -2.32. The molecule has 2 aromatic heterocycles. The van der Waals surface area contributed by atoms with Crippen LogP contribution >= 0.6 is 11.3 Å². The van der Waals surface area contributed by atoms with Crippen LogP contribution in [0.15, 0.2) is 182 Å². The number of ether oxygens (including phenoxy) is 2. The standard InChI is InChI=1S/C50H29N3O2S/c1-3-13-31(14-4-1)47-51-48(32-15-5-2-6-16-32)53-49(52-47)33-25-23-30(24-26-33)34-27-28-36-35-17-7-9-19-38(35)50(39(36)29-34)45-44(54-40-20-10-11-21-41(40)55-45)43-37-18-8-12-22-42(37)56-46(43)50/h1-29H. The number of hydrogen-bond donors (Lipinski definition) is 0. The van der Waals surface area contributed by atoms with Gasteiger partial charge in [0.25, 0.3) is 0 Å². The summed E-state index contributed by atoms with van der Waals surface area (Å²) in [7, 11) is 0. The van der Waals surface area contributed by atoms with Gasteiger partial charge in [0, 0.05) is 37.2 Å². The van der Waals surface area contributed by atoms with Gasteiger partial charge in [-0.25, -0.2) is 15.0 Å². The van der Waals surface area contributed by atoms with E-state index >= 15 is 0 Å². The van der Waals surface area contributed by atoms with E-state index in [2.05, 4.69) is 91.0 Å². The summed E-state index contributed by atoms with van der Waals surface area (Å²) in [4.78, 5) is 16.0. The number of nitrogens with zero attached hydrogens (tertiary/aromatic N) is 3. The molecule has 1 unspecified atom stereocenters. The summed E-state index contributed by atoms with van der Waals surface area (Å²) in [6, 6.07) is 61.0. The van der Waals surface area contributed by atoms with Crippen molar-refractivity contribution < 1.29 is 9.47 Å². The second-order valence-corrected chi connectivity index (χ2v) is 15.3. The van der Waals surface area contributed by atoms with Crippen molar-refractivity contribution in [3.63, 3.8) is 0 Å². The molecule has 0 saturated carbocycles. The molecule has 1 atom stereocenters. The van der Waals surface area contributed by atoms with Gasteiger partial charge in [-0.3, -0.25) is 0 Å². The maximum absolute atomic E-state index is 7.03. The maximum atomic E-state index is 7.03. The number of allylic oxidation sites excluding steroid dienone is 1. The molecule has 3 heterocycles. The molecular formula is C50H29N3O2S. The van der Waals surface area contributed by atoms with Gasteiger partial charge >= 0.3 is 0 Å². The van der Waals surface area contributed by atoms with E-state index in [0.29, 0.717) is 17.5 Å². The van der Waals surface area contributed by atoms with Crippen molar-refractivity contribution in [3.05, 3.63) is 203 Å². The highest BCUT2D eigenvalue weighted by Gasteiger charge is 2.58. The van der Waals surface area contributed by atoms with Crippen LogP contribution in [0.25, 0.3) is 72.3 Å². The topological polar surface area (TPSA) is 57.1 Å². The monoisotopic (exact) mass is 735 g/mol. The van der Waals surface area contributed by atoms with E-state index in [1.54, 1.807) is 0 Å². The molecule has 9 aromatic rings. The molecule has 6 heteroatoms. The van der Waals surface area contributed by atoms with Crippen LogP contribution in [0.4, 0.5) is 0 Å². The summed E-state index contributed by atoms with van der Waals surface area (Å²) in [5.41, 5.74) is 10.3. The molecule has 5 nitrogen and oxygen atoms in total. The first-order valence-electron chi connectivity index (χ1n) is 18.7. The first-order chi connectivity index (χ1) is 27.7. The Labute approximate surface area is 326 Å². The van der Waals surface area contributed by atoms with Crippen LogP contribution in [0, 0.1) is 0 Å². The fourth-order valence-electron chi connectivity index (χ4n) is 8.68. The predicted molar refractivity (Wildman–Crippen MR) is 223 cm³/mol. The molecule has 56 heavy (non-hydrogen) atoms. The normalized spacial score (nSPS) is 15.8. The Morgan fingerprint density at radius 1 is 0.429 bits per heavy atom. The van der Waals surface area contributed by atoms with Gasteiger partial charge < -0.3 is 9.47 Å². The Balaban J connectivity index is 1.02. The number of para-hydroxylation sites is 2. The van der Waals surface area contributed by atoms with Crippen molar-refractivity contribution in [1.82, 2.24) is 15.0 Å². The second-order valence-electron chi connectivity index (χ2n) is 14.3. The van der Waals surface area contributed by atoms with Gasteiger partial charge in [0.1, 0.15) is 5.41 Å². The molecule has 1 aliphatic heterocycles. The lowest BCUT2D eigenvalue weighted by molar-refractivity contribution is 0.317. The minimum absolute atomic E-state index is 0.630.